The molecule has 0 aromatic carbocycles. The van der Waals surface area contributed by atoms with Crippen molar-refractivity contribution >= 4 is 29.2 Å². The lowest BCUT2D eigenvalue weighted by molar-refractivity contribution is -0.135. The Morgan fingerprint density at radius 1 is 1.31 bits per heavy atom. The number of anilines is 3. The molecule has 1 saturated heterocycles. The van der Waals surface area contributed by atoms with E-state index in [0.29, 0.717) is 37.0 Å². The van der Waals surface area contributed by atoms with Crippen LogP contribution in [0.2, 0.25) is 0 Å². The second kappa shape index (κ2) is 9.67. The summed E-state index contributed by atoms with van der Waals surface area (Å²) in [7, 11) is 2.00. The first-order valence-electron chi connectivity index (χ1n) is 12.5. The van der Waals surface area contributed by atoms with Crippen molar-refractivity contribution in [3.8, 4) is 6.07 Å². The molecule has 8 nitrogen and oxygen atoms in total. The zero-order valence-electron chi connectivity index (χ0n) is 20.2. The van der Waals surface area contributed by atoms with Crippen LogP contribution in [0.15, 0.2) is 31.0 Å². The Morgan fingerprint density at radius 2 is 2.11 bits per heavy atom. The second-order valence-corrected chi connectivity index (χ2v) is 9.76. The van der Waals surface area contributed by atoms with E-state index in [2.05, 4.69) is 27.4 Å². The Labute approximate surface area is 206 Å². The maximum Gasteiger partial charge on any atom is 0.225 e. The number of pyridine rings is 2. The average molecular weight is 473 g/mol. The molecule has 3 fully saturated rings. The molecule has 2 aromatic heterocycles. The van der Waals surface area contributed by atoms with E-state index in [0.717, 1.165) is 54.3 Å². The Morgan fingerprint density at radius 3 is 2.77 bits per heavy atom. The molecule has 0 spiro atoms. The summed E-state index contributed by atoms with van der Waals surface area (Å²) in [5.74, 6) is 1.63. The predicted octanol–water partition coefficient (Wildman–Crippen LogP) is 3.45. The molecule has 2 saturated carbocycles. The molecule has 3 heterocycles. The molecule has 1 aliphatic heterocycles. The number of nitrogens with zero attached hydrogens (tertiary/aromatic N) is 6. The molecular weight excluding hydrogens is 440 g/mol. The zero-order chi connectivity index (χ0) is 24.5. The summed E-state index contributed by atoms with van der Waals surface area (Å²) < 4.78 is 0. The van der Waals surface area contributed by atoms with Gasteiger partial charge in [-0.1, -0.05) is 6.58 Å². The summed E-state index contributed by atoms with van der Waals surface area (Å²) in [5, 5.41) is 19.4. The third-order valence-electron chi connectivity index (χ3n) is 7.35. The lowest BCUT2D eigenvalue weighted by Gasteiger charge is -2.42. The van der Waals surface area contributed by atoms with Crippen LogP contribution in [-0.4, -0.2) is 65.2 Å². The Bertz CT molecular complexity index is 1170. The van der Waals surface area contributed by atoms with Crippen LogP contribution in [0.1, 0.15) is 55.0 Å². The largest absolute Gasteiger partial charge is 0.396 e. The van der Waals surface area contributed by atoms with Gasteiger partial charge in [0.1, 0.15) is 11.9 Å². The summed E-state index contributed by atoms with van der Waals surface area (Å²) in [6, 6.07) is 8.40. The van der Waals surface area contributed by atoms with E-state index < -0.39 is 0 Å². The molecule has 0 bridgehead atoms. The van der Waals surface area contributed by atoms with Gasteiger partial charge in [0, 0.05) is 50.9 Å². The summed E-state index contributed by atoms with van der Waals surface area (Å²) in [6.07, 6.45) is 8.10. The molecule has 8 heteroatoms. The van der Waals surface area contributed by atoms with Gasteiger partial charge in [-0.05, 0) is 55.9 Å². The Kier molecular flexibility index (Phi) is 6.44. The van der Waals surface area contributed by atoms with Gasteiger partial charge in [0.05, 0.1) is 35.3 Å². The molecule has 1 unspecified atom stereocenters. The van der Waals surface area contributed by atoms with E-state index in [1.165, 1.54) is 0 Å². The van der Waals surface area contributed by atoms with Crippen LogP contribution in [0, 0.1) is 17.2 Å². The molecule has 1 atom stereocenters. The summed E-state index contributed by atoms with van der Waals surface area (Å²) in [4.78, 5) is 28.3. The lowest BCUT2D eigenvalue weighted by atomic mass is 10.0. The molecule has 182 valence electrons. The molecule has 1 amide bonds. The molecule has 0 radical (unpaired) electrons. The van der Waals surface area contributed by atoms with Crippen LogP contribution in [0.25, 0.3) is 6.08 Å². The topological polar surface area (TPSA) is 96.6 Å². The number of aromatic nitrogens is 2. The fourth-order valence-electron chi connectivity index (χ4n) is 5.09. The van der Waals surface area contributed by atoms with Crippen LogP contribution >= 0.6 is 0 Å². The molecule has 5 rings (SSSR count). The number of hydrogen-bond acceptors (Lipinski definition) is 7. The highest BCUT2D eigenvalue weighted by atomic mass is 16.3. The highest BCUT2D eigenvalue weighted by Crippen LogP contribution is 2.46. The first-order valence-corrected chi connectivity index (χ1v) is 12.5. The minimum atomic E-state index is -0.123. The zero-order valence-corrected chi connectivity index (χ0v) is 20.2. The van der Waals surface area contributed by atoms with Gasteiger partial charge in [-0.25, -0.2) is 4.98 Å². The smallest absolute Gasteiger partial charge is 0.225 e. The number of aliphatic hydroxyl groups excluding tert-OH is 1. The lowest BCUT2D eigenvalue weighted by Crippen LogP contribution is -2.56. The molecule has 1 N–H and O–H groups in total. The summed E-state index contributed by atoms with van der Waals surface area (Å²) in [5.41, 5.74) is 4.30. The Hall–Kier alpha value is -3.44. The van der Waals surface area contributed by atoms with E-state index in [-0.39, 0.29) is 25.0 Å². The van der Waals surface area contributed by atoms with Crippen molar-refractivity contribution in [2.24, 2.45) is 5.92 Å². The van der Waals surface area contributed by atoms with Gasteiger partial charge in [0.25, 0.3) is 0 Å². The summed E-state index contributed by atoms with van der Waals surface area (Å²) in [6.45, 7) is 5.60. The predicted molar refractivity (Wildman–Crippen MR) is 135 cm³/mol. The van der Waals surface area contributed by atoms with Crippen molar-refractivity contribution in [2.45, 2.75) is 44.1 Å². The first kappa shape index (κ1) is 23.3. The number of rotatable bonds is 8. The maximum atomic E-state index is 12.6. The third kappa shape index (κ3) is 4.73. The number of hydrogen-bond donors (Lipinski definition) is 1. The van der Waals surface area contributed by atoms with E-state index in [1.54, 1.807) is 12.3 Å². The number of piperazine rings is 1. The number of carbonyl (C=O) groups excluding carboxylic acids is 1. The van der Waals surface area contributed by atoms with Gasteiger partial charge < -0.3 is 19.8 Å². The quantitative estimate of drug-likeness (QED) is 0.629. The third-order valence-corrected chi connectivity index (χ3v) is 7.35. The van der Waals surface area contributed by atoms with Crippen LogP contribution < -0.4 is 9.80 Å². The normalized spacial score (nSPS) is 19.9. The Balaban J connectivity index is 1.47. The van der Waals surface area contributed by atoms with Gasteiger partial charge in [-0.3, -0.25) is 9.78 Å². The minimum Gasteiger partial charge on any atom is -0.396 e. The minimum absolute atomic E-state index is 0.0180. The standard InChI is InChI=1S/C27H32N6O2/c1-3-21-15-22(8-10-29-21)31(2)23-14-20(16-28)27(30-26(23)19-6-7-19)32-11-12-33(25(35)9-13-34)24(17-32)18-4-5-18/h3,8,10,14-15,18-19,24,34H,1,4-7,9,11-13,17H2,2H3. The first-order chi connectivity index (χ1) is 17.0. The van der Waals surface area contributed by atoms with Crippen LogP contribution in [0.5, 0.6) is 0 Å². The van der Waals surface area contributed by atoms with Crippen molar-refractivity contribution in [1.82, 2.24) is 14.9 Å². The number of aliphatic hydroxyl groups is 1. The number of amides is 1. The molecule has 2 aliphatic carbocycles. The average Bonchev–Trinajstić information content (AvgIpc) is 3.80. The monoisotopic (exact) mass is 472 g/mol. The van der Waals surface area contributed by atoms with Crippen LogP contribution in [0.4, 0.5) is 17.2 Å². The van der Waals surface area contributed by atoms with Crippen LogP contribution in [-0.2, 0) is 4.79 Å². The SMILES string of the molecule is C=Cc1cc(N(C)c2cc(C#N)c(N3CCN(C(=O)CCO)C(C4CC4)C3)nc2C2CC2)ccn1. The van der Waals surface area contributed by atoms with Crippen molar-refractivity contribution < 1.29 is 9.90 Å². The number of carbonyl (C=O) groups is 1. The second-order valence-electron chi connectivity index (χ2n) is 9.76. The summed E-state index contributed by atoms with van der Waals surface area (Å²) >= 11 is 0. The van der Waals surface area contributed by atoms with Crippen molar-refractivity contribution in [3.05, 3.63) is 47.9 Å². The van der Waals surface area contributed by atoms with Gasteiger partial charge >= 0.3 is 0 Å². The highest BCUT2D eigenvalue weighted by molar-refractivity contribution is 5.77. The van der Waals surface area contributed by atoms with Gasteiger partial charge in [-0.15, -0.1) is 0 Å². The fraction of sp³-hybridized carbons (Fsp3) is 0.481. The molecule has 3 aliphatic rings. The van der Waals surface area contributed by atoms with E-state index in [1.807, 2.05) is 30.1 Å². The highest BCUT2D eigenvalue weighted by Gasteiger charge is 2.41. The molecular formula is C27H32N6O2. The van der Waals surface area contributed by atoms with Gasteiger partial charge in [-0.2, -0.15) is 5.26 Å². The van der Waals surface area contributed by atoms with Gasteiger partial charge in [0.15, 0.2) is 0 Å². The maximum absolute atomic E-state index is 12.6. The fourth-order valence-corrected chi connectivity index (χ4v) is 5.09. The van der Waals surface area contributed by atoms with E-state index in [4.69, 9.17) is 4.98 Å². The van der Waals surface area contributed by atoms with Crippen molar-refractivity contribution in [1.29, 1.82) is 5.26 Å². The molecule has 2 aromatic rings. The van der Waals surface area contributed by atoms with Crippen molar-refractivity contribution in [2.75, 3.05) is 43.1 Å². The van der Waals surface area contributed by atoms with Crippen LogP contribution in [0.3, 0.4) is 0 Å². The number of nitriles is 1. The van der Waals surface area contributed by atoms with Gasteiger partial charge in [0.2, 0.25) is 5.91 Å². The van der Waals surface area contributed by atoms with Crippen molar-refractivity contribution in [3.63, 3.8) is 0 Å². The molecule has 35 heavy (non-hydrogen) atoms. The van der Waals surface area contributed by atoms with E-state index in [9.17, 15) is 15.2 Å². The van der Waals surface area contributed by atoms with E-state index >= 15 is 0 Å².